The molecule has 0 saturated heterocycles. The molecule has 0 radical (unpaired) electrons. The van der Waals surface area contributed by atoms with Gasteiger partial charge < -0.3 is 9.84 Å². The minimum Gasteiger partial charge on any atom is -0.350 e. The fraction of sp³-hybridized carbons (Fsp3) is 0.143. The molecule has 1 aromatic carbocycles. The summed E-state index contributed by atoms with van der Waals surface area (Å²) in [6, 6.07) is 7.03. The van der Waals surface area contributed by atoms with Gasteiger partial charge in [-0.25, -0.2) is 14.4 Å². The molecule has 4 rings (SSSR count). The van der Waals surface area contributed by atoms with E-state index in [0.29, 0.717) is 0 Å². The van der Waals surface area contributed by atoms with Crippen LogP contribution in [0, 0.1) is 5.82 Å². The Morgan fingerprint density at radius 3 is 2.31 bits per heavy atom. The molecule has 35 heavy (non-hydrogen) atoms. The number of hydrogen-bond donors (Lipinski definition) is 1. The van der Waals surface area contributed by atoms with Gasteiger partial charge in [-0.2, -0.15) is 26.3 Å². The number of halogens is 7. The summed E-state index contributed by atoms with van der Waals surface area (Å²) in [6.45, 7) is -1.52. The van der Waals surface area contributed by atoms with Gasteiger partial charge in [0.2, 0.25) is 5.76 Å². The highest BCUT2D eigenvalue weighted by Gasteiger charge is 2.41. The molecule has 0 aliphatic rings. The molecule has 0 aliphatic heterocycles. The predicted octanol–water partition coefficient (Wildman–Crippen LogP) is 5.04. The standard InChI is InChI=1S/C21H12F7N5O2/c22-13-4-1-11(2-5-13)17-16(18(35-32-17)21(26,27)28)14-8-33(10-31-14)15-6-3-12(7-29-15)19(34)30-9-20(23,24)25/h1-8,10H,9H2,(H,30,34). The van der Waals surface area contributed by atoms with Gasteiger partial charge in [-0.1, -0.05) is 5.16 Å². The van der Waals surface area contributed by atoms with E-state index in [0.717, 1.165) is 24.7 Å². The molecule has 1 N–H and O–H groups in total. The quantitative estimate of drug-likeness (QED) is 0.389. The summed E-state index contributed by atoms with van der Waals surface area (Å²) in [4.78, 5) is 19.7. The number of carbonyl (C=O) groups is 1. The summed E-state index contributed by atoms with van der Waals surface area (Å²) in [5.74, 6) is -2.90. The summed E-state index contributed by atoms with van der Waals surface area (Å²) >= 11 is 0. The maximum atomic E-state index is 13.6. The Kier molecular flexibility index (Phi) is 6.05. The average molecular weight is 499 g/mol. The number of carbonyl (C=O) groups excluding carboxylic acids is 1. The summed E-state index contributed by atoms with van der Waals surface area (Å²) in [5.41, 5.74) is -0.886. The van der Waals surface area contributed by atoms with Crippen molar-refractivity contribution in [3.8, 4) is 28.3 Å². The van der Waals surface area contributed by atoms with Crippen molar-refractivity contribution in [1.82, 2.24) is 25.0 Å². The second-order valence-corrected chi connectivity index (χ2v) is 7.11. The van der Waals surface area contributed by atoms with Crippen LogP contribution in [0.5, 0.6) is 0 Å². The van der Waals surface area contributed by atoms with Crippen LogP contribution in [0.2, 0.25) is 0 Å². The Morgan fingerprint density at radius 2 is 1.71 bits per heavy atom. The van der Waals surface area contributed by atoms with Crippen molar-refractivity contribution in [3.05, 3.63) is 72.3 Å². The highest BCUT2D eigenvalue weighted by molar-refractivity contribution is 5.94. The summed E-state index contributed by atoms with van der Waals surface area (Å²) < 4.78 is 96.5. The lowest BCUT2D eigenvalue weighted by atomic mass is 10.0. The Morgan fingerprint density at radius 1 is 1.00 bits per heavy atom. The number of alkyl halides is 6. The molecule has 0 spiro atoms. The van der Waals surface area contributed by atoms with Crippen molar-refractivity contribution in [2.45, 2.75) is 12.4 Å². The first-order valence-electron chi connectivity index (χ1n) is 9.61. The maximum Gasteiger partial charge on any atom is 0.453 e. The van der Waals surface area contributed by atoms with Crippen LogP contribution in [0.15, 0.2) is 59.6 Å². The van der Waals surface area contributed by atoms with Crippen LogP contribution in [0.4, 0.5) is 30.7 Å². The van der Waals surface area contributed by atoms with E-state index in [1.807, 2.05) is 0 Å². The Labute approximate surface area is 191 Å². The first-order valence-corrected chi connectivity index (χ1v) is 9.61. The van der Waals surface area contributed by atoms with Gasteiger partial charge in [0.1, 0.15) is 30.2 Å². The molecule has 0 unspecified atom stereocenters. The zero-order valence-corrected chi connectivity index (χ0v) is 17.2. The van der Waals surface area contributed by atoms with E-state index in [1.165, 1.54) is 35.0 Å². The first kappa shape index (κ1) is 23.9. The molecule has 0 atom stereocenters. The zero-order valence-electron chi connectivity index (χ0n) is 17.2. The Balaban J connectivity index is 1.65. The van der Waals surface area contributed by atoms with Crippen molar-refractivity contribution in [3.63, 3.8) is 0 Å². The SMILES string of the molecule is O=C(NCC(F)(F)F)c1ccc(-n2cnc(-c3c(-c4ccc(F)cc4)noc3C(F)(F)F)c2)nc1. The minimum absolute atomic E-state index is 0.115. The molecule has 3 aromatic heterocycles. The minimum atomic E-state index is -4.91. The van der Waals surface area contributed by atoms with Gasteiger partial charge in [-0.05, 0) is 36.4 Å². The largest absolute Gasteiger partial charge is 0.453 e. The molecule has 3 heterocycles. The van der Waals surface area contributed by atoms with Gasteiger partial charge >= 0.3 is 12.4 Å². The van der Waals surface area contributed by atoms with Crippen molar-refractivity contribution in [2.24, 2.45) is 0 Å². The van der Waals surface area contributed by atoms with Gasteiger partial charge in [-0.15, -0.1) is 0 Å². The van der Waals surface area contributed by atoms with Crippen LogP contribution in [0.25, 0.3) is 28.3 Å². The first-order chi connectivity index (χ1) is 16.4. The van der Waals surface area contributed by atoms with Gasteiger partial charge in [0.05, 0.1) is 16.8 Å². The number of amides is 1. The molecular formula is C21H12F7N5O2. The second-order valence-electron chi connectivity index (χ2n) is 7.11. The lowest BCUT2D eigenvalue weighted by Crippen LogP contribution is -2.33. The van der Waals surface area contributed by atoms with Crippen LogP contribution in [-0.4, -0.2) is 38.3 Å². The van der Waals surface area contributed by atoms with Crippen LogP contribution in [0.3, 0.4) is 0 Å². The molecule has 182 valence electrons. The van der Waals surface area contributed by atoms with E-state index in [-0.39, 0.29) is 28.3 Å². The highest BCUT2D eigenvalue weighted by atomic mass is 19.4. The number of aromatic nitrogens is 4. The number of nitrogens with zero attached hydrogens (tertiary/aromatic N) is 4. The van der Waals surface area contributed by atoms with E-state index < -0.39 is 41.9 Å². The molecule has 14 heteroatoms. The number of benzene rings is 1. The molecule has 7 nitrogen and oxygen atoms in total. The van der Waals surface area contributed by atoms with Crippen LogP contribution in [-0.2, 0) is 6.18 Å². The van der Waals surface area contributed by atoms with E-state index in [4.69, 9.17) is 0 Å². The van der Waals surface area contributed by atoms with Gasteiger partial charge in [0.25, 0.3) is 5.91 Å². The number of pyridine rings is 1. The maximum absolute atomic E-state index is 13.6. The second kappa shape index (κ2) is 8.85. The Bertz CT molecular complexity index is 1340. The van der Waals surface area contributed by atoms with Crippen LogP contribution < -0.4 is 5.32 Å². The zero-order chi connectivity index (χ0) is 25.4. The number of hydrogen-bond acceptors (Lipinski definition) is 5. The summed E-state index contributed by atoms with van der Waals surface area (Å²) in [7, 11) is 0. The summed E-state index contributed by atoms with van der Waals surface area (Å²) in [6.07, 6.45) is -6.15. The number of rotatable bonds is 5. The Hall–Kier alpha value is -4.23. The van der Waals surface area contributed by atoms with Crippen molar-refractivity contribution < 1.29 is 40.1 Å². The van der Waals surface area contributed by atoms with E-state index in [2.05, 4.69) is 19.6 Å². The van der Waals surface area contributed by atoms with Crippen molar-refractivity contribution in [1.29, 1.82) is 0 Å². The fourth-order valence-corrected chi connectivity index (χ4v) is 3.06. The number of nitrogens with one attached hydrogen (secondary N) is 1. The molecular weight excluding hydrogens is 487 g/mol. The molecule has 0 bridgehead atoms. The monoisotopic (exact) mass is 499 g/mol. The molecule has 0 aliphatic carbocycles. The normalized spacial score (nSPS) is 12.1. The molecule has 4 aromatic rings. The van der Waals surface area contributed by atoms with Crippen LogP contribution in [0.1, 0.15) is 16.1 Å². The third-order valence-corrected chi connectivity index (χ3v) is 4.63. The van der Waals surface area contributed by atoms with Gasteiger partial charge in [-0.3, -0.25) is 9.36 Å². The third kappa shape index (κ3) is 5.31. The number of imidazole rings is 1. The van der Waals surface area contributed by atoms with E-state index in [9.17, 15) is 35.5 Å². The van der Waals surface area contributed by atoms with Gasteiger partial charge in [0, 0.05) is 18.0 Å². The van der Waals surface area contributed by atoms with Crippen molar-refractivity contribution in [2.75, 3.05) is 6.54 Å². The summed E-state index contributed by atoms with van der Waals surface area (Å²) in [5, 5.41) is 5.20. The highest BCUT2D eigenvalue weighted by Crippen LogP contribution is 2.42. The average Bonchev–Trinajstić information content (AvgIpc) is 3.45. The lowest BCUT2D eigenvalue weighted by molar-refractivity contribution is -0.155. The smallest absolute Gasteiger partial charge is 0.350 e. The van der Waals surface area contributed by atoms with E-state index >= 15 is 0 Å². The molecule has 1 amide bonds. The molecule has 0 saturated carbocycles. The van der Waals surface area contributed by atoms with Gasteiger partial charge in [0.15, 0.2) is 0 Å². The topological polar surface area (TPSA) is 85.8 Å². The lowest BCUT2D eigenvalue weighted by Gasteiger charge is -2.08. The molecule has 0 fully saturated rings. The fourth-order valence-electron chi connectivity index (χ4n) is 3.06. The predicted molar refractivity (Wildman–Crippen MR) is 106 cm³/mol. The van der Waals surface area contributed by atoms with Crippen molar-refractivity contribution >= 4 is 5.91 Å². The van der Waals surface area contributed by atoms with Crippen LogP contribution >= 0.6 is 0 Å². The van der Waals surface area contributed by atoms with E-state index in [1.54, 1.807) is 5.32 Å². The third-order valence-electron chi connectivity index (χ3n) is 4.63.